The summed E-state index contributed by atoms with van der Waals surface area (Å²) in [6.07, 6.45) is 0. The fourth-order valence-electron chi connectivity index (χ4n) is 3.71. The second-order valence-corrected chi connectivity index (χ2v) is 6.84. The maximum Gasteiger partial charge on any atom is 0.223 e. The van der Waals surface area contributed by atoms with E-state index in [4.69, 9.17) is 10.5 Å². The lowest BCUT2D eigenvalue weighted by Gasteiger charge is -2.19. The maximum atomic E-state index is 12.0. The van der Waals surface area contributed by atoms with Crippen molar-refractivity contribution in [3.8, 4) is 11.5 Å². The van der Waals surface area contributed by atoms with Crippen molar-refractivity contribution in [2.45, 2.75) is 5.92 Å². The molecule has 1 aliphatic heterocycles. The minimum Gasteiger partial charge on any atom is -0.457 e. The quantitative estimate of drug-likeness (QED) is 0.617. The molecule has 1 saturated heterocycles. The minimum absolute atomic E-state index is 0. The highest BCUT2D eigenvalue weighted by molar-refractivity contribution is 5.85. The van der Waals surface area contributed by atoms with Crippen molar-refractivity contribution >= 4 is 36.4 Å². The molecule has 152 valence electrons. The number of amides is 1. The van der Waals surface area contributed by atoms with Gasteiger partial charge in [0.15, 0.2) is 0 Å². The van der Waals surface area contributed by atoms with Gasteiger partial charge in [-0.1, -0.05) is 54.6 Å². The molecule has 1 heterocycles. The summed E-state index contributed by atoms with van der Waals surface area (Å²) >= 11 is 0. The number of anilines is 1. The molecule has 0 radical (unpaired) electrons. The Morgan fingerprint density at radius 1 is 0.828 bits per heavy atom. The van der Waals surface area contributed by atoms with Crippen LogP contribution in [-0.2, 0) is 4.79 Å². The summed E-state index contributed by atoms with van der Waals surface area (Å²) in [4.78, 5) is 14.3. The lowest BCUT2D eigenvalue weighted by atomic mass is 9.89. The number of primary amides is 1. The van der Waals surface area contributed by atoms with E-state index in [0.717, 1.165) is 29.3 Å². The first-order valence-corrected chi connectivity index (χ1v) is 9.13. The molecule has 4 nitrogen and oxygen atoms in total. The van der Waals surface area contributed by atoms with Crippen LogP contribution in [0.15, 0.2) is 84.9 Å². The number of hydrogen-bond acceptors (Lipinski definition) is 3. The lowest BCUT2D eigenvalue weighted by Crippen LogP contribution is -2.29. The van der Waals surface area contributed by atoms with E-state index < -0.39 is 0 Å². The van der Waals surface area contributed by atoms with Gasteiger partial charge in [-0.25, -0.2) is 0 Å². The van der Waals surface area contributed by atoms with E-state index in [1.165, 1.54) is 0 Å². The molecule has 3 aromatic rings. The van der Waals surface area contributed by atoms with Gasteiger partial charge in [0, 0.05) is 30.8 Å². The third-order valence-electron chi connectivity index (χ3n) is 5.07. The number of ether oxygens (including phenoxy) is 1. The monoisotopic (exact) mass is 430 g/mol. The van der Waals surface area contributed by atoms with Crippen molar-refractivity contribution in [1.29, 1.82) is 0 Å². The van der Waals surface area contributed by atoms with Crippen LogP contribution in [-0.4, -0.2) is 19.0 Å². The molecule has 2 unspecified atom stereocenters. The maximum absolute atomic E-state index is 12.0. The van der Waals surface area contributed by atoms with Crippen molar-refractivity contribution in [3.05, 3.63) is 90.5 Å². The van der Waals surface area contributed by atoms with E-state index in [1.54, 1.807) is 0 Å². The van der Waals surface area contributed by atoms with Gasteiger partial charge in [-0.15, -0.1) is 24.8 Å². The fourth-order valence-corrected chi connectivity index (χ4v) is 3.71. The standard InChI is InChI=1S/C23H22N2O2.2ClH/c24-23(26)22-16-25(15-21(22)17-8-3-1-4-9-17)18-10-7-13-20(14-18)27-19-11-5-2-6-12-19;;/h1-14,21-22H,15-16H2,(H2,24,26);2*1H. The number of benzene rings is 3. The van der Waals surface area contributed by atoms with Gasteiger partial charge in [0.05, 0.1) is 5.92 Å². The zero-order chi connectivity index (χ0) is 18.6. The van der Waals surface area contributed by atoms with Crippen molar-refractivity contribution in [1.82, 2.24) is 0 Å². The van der Waals surface area contributed by atoms with Crippen LogP contribution in [0, 0.1) is 5.92 Å². The number of para-hydroxylation sites is 1. The molecule has 1 aliphatic rings. The molecular weight excluding hydrogens is 407 g/mol. The summed E-state index contributed by atoms with van der Waals surface area (Å²) in [6, 6.07) is 27.8. The normalized spacial score (nSPS) is 17.7. The summed E-state index contributed by atoms with van der Waals surface area (Å²) in [7, 11) is 0. The summed E-state index contributed by atoms with van der Waals surface area (Å²) in [5, 5.41) is 0. The molecule has 1 fully saturated rings. The third-order valence-corrected chi connectivity index (χ3v) is 5.07. The molecule has 0 bridgehead atoms. The zero-order valence-electron chi connectivity index (χ0n) is 15.8. The van der Waals surface area contributed by atoms with E-state index >= 15 is 0 Å². The Morgan fingerprint density at radius 3 is 2.10 bits per heavy atom. The Labute approximate surface area is 183 Å². The highest BCUT2D eigenvalue weighted by Gasteiger charge is 2.37. The first-order chi connectivity index (χ1) is 13.2. The second-order valence-electron chi connectivity index (χ2n) is 6.84. The van der Waals surface area contributed by atoms with Crippen LogP contribution in [0.25, 0.3) is 0 Å². The molecule has 0 aromatic heterocycles. The van der Waals surface area contributed by atoms with Gasteiger partial charge >= 0.3 is 0 Å². The van der Waals surface area contributed by atoms with Crippen LogP contribution >= 0.6 is 24.8 Å². The summed E-state index contributed by atoms with van der Waals surface area (Å²) < 4.78 is 5.95. The molecule has 2 atom stereocenters. The van der Waals surface area contributed by atoms with Crippen LogP contribution in [0.5, 0.6) is 11.5 Å². The second kappa shape index (κ2) is 10.2. The van der Waals surface area contributed by atoms with Crippen molar-refractivity contribution in [3.63, 3.8) is 0 Å². The van der Waals surface area contributed by atoms with Gasteiger partial charge in [-0.05, 0) is 29.8 Å². The molecular formula is C23H24Cl2N2O2. The smallest absolute Gasteiger partial charge is 0.223 e. The Hall–Kier alpha value is -2.69. The summed E-state index contributed by atoms with van der Waals surface area (Å²) in [6.45, 7) is 1.37. The number of rotatable bonds is 5. The molecule has 1 amide bonds. The molecule has 0 saturated carbocycles. The van der Waals surface area contributed by atoms with Crippen molar-refractivity contribution in [2.24, 2.45) is 11.7 Å². The zero-order valence-corrected chi connectivity index (χ0v) is 17.4. The van der Waals surface area contributed by atoms with Crippen molar-refractivity contribution in [2.75, 3.05) is 18.0 Å². The van der Waals surface area contributed by atoms with Gasteiger partial charge in [0.25, 0.3) is 0 Å². The van der Waals surface area contributed by atoms with E-state index in [-0.39, 0.29) is 42.6 Å². The van der Waals surface area contributed by atoms with Crippen LogP contribution in [0.3, 0.4) is 0 Å². The number of nitrogens with two attached hydrogens (primary N) is 1. The van der Waals surface area contributed by atoms with Crippen molar-refractivity contribution < 1.29 is 9.53 Å². The predicted octanol–water partition coefficient (Wildman–Crippen LogP) is 5.03. The van der Waals surface area contributed by atoms with E-state index in [9.17, 15) is 4.79 Å². The van der Waals surface area contributed by atoms with Gasteiger partial charge < -0.3 is 15.4 Å². The average Bonchev–Trinajstić information content (AvgIpc) is 3.16. The molecule has 6 heteroatoms. The van der Waals surface area contributed by atoms with Gasteiger partial charge in [0.2, 0.25) is 5.91 Å². The summed E-state index contributed by atoms with van der Waals surface area (Å²) in [5.41, 5.74) is 7.90. The number of halogens is 2. The fraction of sp³-hybridized carbons (Fsp3) is 0.174. The SMILES string of the molecule is Cl.Cl.NC(=O)C1CN(c2cccc(Oc3ccccc3)c2)CC1c1ccccc1. The molecule has 3 aromatic carbocycles. The molecule has 4 rings (SSSR count). The molecule has 0 spiro atoms. The summed E-state index contributed by atoms with van der Waals surface area (Å²) in [5.74, 6) is 1.22. The Balaban J connectivity index is 0.00000150. The van der Waals surface area contributed by atoms with E-state index in [2.05, 4.69) is 17.0 Å². The highest BCUT2D eigenvalue weighted by Crippen LogP contribution is 2.36. The highest BCUT2D eigenvalue weighted by atomic mass is 35.5. The Bertz CT molecular complexity index is 922. The molecule has 0 aliphatic carbocycles. The largest absolute Gasteiger partial charge is 0.457 e. The number of carbonyl (C=O) groups excluding carboxylic acids is 1. The van der Waals surface area contributed by atoms with Gasteiger partial charge in [-0.2, -0.15) is 0 Å². The minimum atomic E-state index is -0.247. The van der Waals surface area contributed by atoms with E-state index in [1.807, 2.05) is 72.8 Å². The lowest BCUT2D eigenvalue weighted by molar-refractivity contribution is -0.121. The first-order valence-electron chi connectivity index (χ1n) is 9.13. The average molecular weight is 431 g/mol. The first kappa shape index (κ1) is 22.6. The van der Waals surface area contributed by atoms with Crippen LogP contribution in [0.4, 0.5) is 5.69 Å². The van der Waals surface area contributed by atoms with Crippen LogP contribution < -0.4 is 15.4 Å². The molecule has 2 N–H and O–H groups in total. The number of hydrogen-bond donors (Lipinski definition) is 1. The van der Waals surface area contributed by atoms with Gasteiger partial charge in [0.1, 0.15) is 11.5 Å². The van der Waals surface area contributed by atoms with Crippen LogP contribution in [0.2, 0.25) is 0 Å². The Kier molecular flexibility index (Phi) is 7.94. The van der Waals surface area contributed by atoms with Crippen LogP contribution in [0.1, 0.15) is 11.5 Å². The number of nitrogens with zero attached hydrogens (tertiary/aromatic N) is 1. The number of carbonyl (C=O) groups is 1. The predicted molar refractivity (Wildman–Crippen MR) is 122 cm³/mol. The Morgan fingerprint density at radius 2 is 1.45 bits per heavy atom. The third kappa shape index (κ3) is 5.22. The topological polar surface area (TPSA) is 55.6 Å². The van der Waals surface area contributed by atoms with E-state index in [0.29, 0.717) is 6.54 Å². The molecule has 29 heavy (non-hydrogen) atoms. The van der Waals surface area contributed by atoms with Gasteiger partial charge in [-0.3, -0.25) is 4.79 Å².